The Morgan fingerprint density at radius 1 is 0.971 bits per heavy atom. The van der Waals surface area contributed by atoms with Gasteiger partial charge in [-0.2, -0.15) is 0 Å². The van der Waals surface area contributed by atoms with Gasteiger partial charge < -0.3 is 30.0 Å². The Hall–Kier alpha value is -4.03. The predicted molar refractivity (Wildman–Crippen MR) is 138 cm³/mol. The van der Waals surface area contributed by atoms with Crippen molar-refractivity contribution in [1.29, 1.82) is 0 Å². The first kappa shape index (κ1) is 24.1. The van der Waals surface area contributed by atoms with Gasteiger partial charge in [-0.25, -0.2) is 14.8 Å². The number of benzene rings is 2. The first-order valence-corrected chi connectivity index (χ1v) is 11.9. The lowest BCUT2D eigenvalue weighted by atomic mass is 10.1. The van der Waals surface area contributed by atoms with E-state index in [4.69, 9.17) is 24.9 Å². The number of nitrogens with two attached hydrogens (primary N) is 1. The lowest BCUT2D eigenvalue weighted by Gasteiger charge is -2.14. The Balaban J connectivity index is 1.58. The highest BCUT2D eigenvalue weighted by Crippen LogP contribution is 2.43. The molecule has 0 aliphatic rings. The molecule has 0 aliphatic carbocycles. The van der Waals surface area contributed by atoms with Gasteiger partial charge in [0, 0.05) is 34.5 Å². The third kappa shape index (κ3) is 5.23. The van der Waals surface area contributed by atoms with Gasteiger partial charge in [-0.3, -0.25) is 5.32 Å². The van der Waals surface area contributed by atoms with E-state index in [-0.39, 0.29) is 0 Å². The van der Waals surface area contributed by atoms with E-state index in [0.717, 1.165) is 21.1 Å². The Kier molecular flexibility index (Phi) is 7.22. The number of hydrogen-bond donors (Lipinski definition) is 3. The number of carbonyl (C=O) groups excluding carboxylic acids is 1. The molecule has 1 amide bonds. The standard InChI is InChI=1S/C23H23N5O5S2/c1-30-16-9-14(10-17(31-2)18(16)32-3)25-22-28-20(24)19(35-22)21-27-15(11-34-21)12-6-5-7-13(8-12)26-23(29)33-4/h5-11H,24H2,1-4H3,(H,25,28)(H,26,29). The molecule has 2 aromatic carbocycles. The van der Waals surface area contributed by atoms with Crippen molar-refractivity contribution >= 4 is 51.1 Å². The normalized spacial score (nSPS) is 10.5. The van der Waals surface area contributed by atoms with Gasteiger partial charge in [0.25, 0.3) is 0 Å². The SMILES string of the molecule is COC(=O)Nc1cccc(-c2csc(-c3sc(Nc4cc(OC)c(OC)c(OC)c4)nc3N)n2)c1. The van der Waals surface area contributed by atoms with Crippen LogP contribution in [-0.4, -0.2) is 44.5 Å². The van der Waals surface area contributed by atoms with Gasteiger partial charge in [-0.05, 0) is 12.1 Å². The first-order chi connectivity index (χ1) is 16.9. The first-order valence-electron chi connectivity index (χ1n) is 10.2. The summed E-state index contributed by atoms with van der Waals surface area (Å²) in [6, 6.07) is 10.9. The van der Waals surface area contributed by atoms with Crippen LogP contribution in [0.3, 0.4) is 0 Å². The minimum atomic E-state index is -0.536. The summed E-state index contributed by atoms with van der Waals surface area (Å²) in [4.78, 5) is 21.4. The fourth-order valence-electron chi connectivity index (χ4n) is 3.25. The topological polar surface area (TPSA) is 130 Å². The van der Waals surface area contributed by atoms with Crippen LogP contribution in [0.15, 0.2) is 41.8 Å². The van der Waals surface area contributed by atoms with Crippen molar-refractivity contribution in [2.75, 3.05) is 44.8 Å². The largest absolute Gasteiger partial charge is 0.493 e. The number of aromatic nitrogens is 2. The zero-order chi connectivity index (χ0) is 24.9. The molecule has 0 radical (unpaired) electrons. The van der Waals surface area contributed by atoms with E-state index in [1.54, 1.807) is 39.5 Å². The van der Waals surface area contributed by atoms with Gasteiger partial charge in [0.1, 0.15) is 15.7 Å². The van der Waals surface area contributed by atoms with Crippen molar-refractivity contribution in [2.24, 2.45) is 0 Å². The number of amides is 1. The summed E-state index contributed by atoms with van der Waals surface area (Å²) in [5.41, 5.74) is 9.14. The monoisotopic (exact) mass is 513 g/mol. The molecule has 35 heavy (non-hydrogen) atoms. The summed E-state index contributed by atoms with van der Waals surface area (Å²) in [7, 11) is 5.98. The fourth-order valence-corrected chi connectivity index (χ4v) is 5.08. The number of anilines is 4. The number of carbonyl (C=O) groups is 1. The maximum Gasteiger partial charge on any atom is 0.411 e. The Morgan fingerprint density at radius 3 is 2.37 bits per heavy atom. The van der Waals surface area contributed by atoms with Crippen LogP contribution < -0.4 is 30.6 Å². The predicted octanol–water partition coefficient (Wildman–Crippen LogP) is 5.46. The molecule has 0 spiro atoms. The van der Waals surface area contributed by atoms with Crippen LogP contribution in [0.4, 0.5) is 27.1 Å². The Morgan fingerprint density at radius 2 is 1.71 bits per heavy atom. The lowest BCUT2D eigenvalue weighted by Crippen LogP contribution is -2.10. The van der Waals surface area contributed by atoms with Crippen LogP contribution >= 0.6 is 22.7 Å². The molecule has 4 N–H and O–H groups in total. The van der Waals surface area contributed by atoms with Crippen LogP contribution in [-0.2, 0) is 4.74 Å². The van der Waals surface area contributed by atoms with Crippen molar-refractivity contribution in [3.05, 3.63) is 41.8 Å². The highest BCUT2D eigenvalue weighted by Gasteiger charge is 2.18. The molecule has 0 fully saturated rings. The molecule has 4 rings (SSSR count). The third-order valence-electron chi connectivity index (χ3n) is 4.86. The molecular weight excluding hydrogens is 490 g/mol. The van der Waals surface area contributed by atoms with Gasteiger partial charge in [0.2, 0.25) is 5.75 Å². The molecule has 0 atom stereocenters. The van der Waals surface area contributed by atoms with Crippen molar-refractivity contribution in [3.8, 4) is 38.4 Å². The lowest BCUT2D eigenvalue weighted by molar-refractivity contribution is 0.187. The average molecular weight is 514 g/mol. The molecule has 0 unspecified atom stereocenters. The van der Waals surface area contributed by atoms with E-state index in [1.807, 2.05) is 23.6 Å². The second-order valence-corrected chi connectivity index (χ2v) is 8.86. The summed E-state index contributed by atoms with van der Waals surface area (Å²) in [6.07, 6.45) is -0.536. The quantitative estimate of drug-likeness (QED) is 0.281. The Bertz CT molecular complexity index is 1330. The molecule has 2 heterocycles. The van der Waals surface area contributed by atoms with E-state index in [0.29, 0.717) is 39.6 Å². The molecule has 0 saturated heterocycles. The molecule has 0 saturated carbocycles. The van der Waals surface area contributed by atoms with Gasteiger partial charge in [0.15, 0.2) is 16.6 Å². The zero-order valence-corrected chi connectivity index (χ0v) is 21.0. The summed E-state index contributed by atoms with van der Waals surface area (Å²) in [5.74, 6) is 1.91. The van der Waals surface area contributed by atoms with E-state index in [9.17, 15) is 4.79 Å². The molecule has 182 valence electrons. The molecular formula is C23H23N5O5S2. The molecule has 2 aromatic heterocycles. The van der Waals surface area contributed by atoms with E-state index in [1.165, 1.54) is 29.8 Å². The maximum absolute atomic E-state index is 11.5. The number of methoxy groups -OCH3 is 4. The second-order valence-electron chi connectivity index (χ2n) is 7.01. The number of nitrogens with one attached hydrogen (secondary N) is 2. The molecule has 4 aromatic rings. The second kappa shape index (κ2) is 10.5. The summed E-state index contributed by atoms with van der Waals surface area (Å²) < 4.78 is 20.8. The number of nitrogen functional groups attached to an aromatic ring is 1. The van der Waals surface area contributed by atoms with Crippen molar-refractivity contribution in [1.82, 2.24) is 9.97 Å². The van der Waals surface area contributed by atoms with Crippen molar-refractivity contribution < 1.29 is 23.7 Å². The van der Waals surface area contributed by atoms with Gasteiger partial charge in [-0.1, -0.05) is 23.5 Å². The highest BCUT2D eigenvalue weighted by molar-refractivity contribution is 7.23. The number of rotatable bonds is 8. The van der Waals surface area contributed by atoms with Crippen LogP contribution in [0, 0.1) is 0 Å². The summed E-state index contributed by atoms with van der Waals surface area (Å²) in [5, 5.41) is 9.15. The number of hydrogen-bond acceptors (Lipinski definition) is 11. The highest BCUT2D eigenvalue weighted by atomic mass is 32.1. The molecule has 0 aliphatic heterocycles. The molecule has 10 nitrogen and oxygen atoms in total. The maximum atomic E-state index is 11.5. The van der Waals surface area contributed by atoms with Crippen molar-refractivity contribution in [3.63, 3.8) is 0 Å². The van der Waals surface area contributed by atoms with E-state index >= 15 is 0 Å². The van der Waals surface area contributed by atoms with Crippen LogP contribution in [0.25, 0.3) is 21.1 Å². The number of thiazole rings is 2. The minimum absolute atomic E-state index is 0.368. The van der Waals surface area contributed by atoms with Crippen LogP contribution in [0.2, 0.25) is 0 Å². The fraction of sp³-hybridized carbons (Fsp3) is 0.174. The summed E-state index contributed by atoms with van der Waals surface area (Å²) in [6.45, 7) is 0. The van der Waals surface area contributed by atoms with Crippen molar-refractivity contribution in [2.45, 2.75) is 0 Å². The average Bonchev–Trinajstić information content (AvgIpc) is 3.50. The van der Waals surface area contributed by atoms with E-state index < -0.39 is 6.09 Å². The van der Waals surface area contributed by atoms with Gasteiger partial charge >= 0.3 is 6.09 Å². The zero-order valence-electron chi connectivity index (χ0n) is 19.4. The molecule has 12 heteroatoms. The van der Waals surface area contributed by atoms with Gasteiger partial charge in [-0.15, -0.1) is 11.3 Å². The third-order valence-corrected chi connectivity index (χ3v) is 6.84. The minimum Gasteiger partial charge on any atom is -0.493 e. The van der Waals surface area contributed by atoms with Crippen LogP contribution in [0.1, 0.15) is 0 Å². The smallest absolute Gasteiger partial charge is 0.411 e. The number of ether oxygens (including phenoxy) is 4. The van der Waals surface area contributed by atoms with Crippen LogP contribution in [0.5, 0.6) is 17.2 Å². The molecule has 0 bridgehead atoms. The van der Waals surface area contributed by atoms with Gasteiger partial charge in [0.05, 0.1) is 34.1 Å². The Labute approximate surface area is 209 Å². The number of nitrogens with zero attached hydrogens (tertiary/aromatic N) is 2. The summed E-state index contributed by atoms with van der Waals surface area (Å²) >= 11 is 2.84. The van der Waals surface area contributed by atoms with E-state index in [2.05, 4.69) is 20.4 Å².